The zero-order valence-electron chi connectivity index (χ0n) is 12.8. The number of unbranched alkanes of at least 4 members (excludes halogenated alkanes) is 5. The third kappa shape index (κ3) is 7.44. The summed E-state index contributed by atoms with van der Waals surface area (Å²) >= 11 is 0. The molecule has 0 aliphatic rings. The Labute approximate surface area is 126 Å². The Hall–Kier alpha value is -1.91. The molecule has 0 aromatic carbocycles. The van der Waals surface area contributed by atoms with Crippen LogP contribution in [0, 0.1) is 0 Å². The maximum atomic E-state index is 11.8. The number of carbonyl (C=O) groups is 2. The van der Waals surface area contributed by atoms with Gasteiger partial charge in [-0.3, -0.25) is 9.59 Å². The molecule has 0 bridgehead atoms. The van der Waals surface area contributed by atoms with Crippen LogP contribution < -0.4 is 15.6 Å². The number of rotatable bonds is 10. The molecule has 116 valence electrons. The highest BCUT2D eigenvalue weighted by Gasteiger charge is 2.11. The number of nitrogens with one attached hydrogen (secondary N) is 1. The number of hydrogen-bond acceptors (Lipinski definition) is 2. The van der Waals surface area contributed by atoms with Crippen LogP contribution in [0.3, 0.4) is 0 Å². The molecule has 1 heterocycles. The van der Waals surface area contributed by atoms with Gasteiger partial charge >= 0.3 is 0 Å². The summed E-state index contributed by atoms with van der Waals surface area (Å²) in [5, 5.41) is 2.89. The van der Waals surface area contributed by atoms with Gasteiger partial charge in [-0.15, -0.1) is 0 Å². The summed E-state index contributed by atoms with van der Waals surface area (Å²) in [5.74, 6) is -0.535. The summed E-state index contributed by atoms with van der Waals surface area (Å²) < 4.78 is 1.66. The van der Waals surface area contributed by atoms with Crippen molar-refractivity contribution >= 4 is 11.8 Å². The van der Waals surface area contributed by atoms with Gasteiger partial charge in [0.25, 0.3) is 11.8 Å². The molecule has 5 heteroatoms. The van der Waals surface area contributed by atoms with Crippen molar-refractivity contribution < 1.29 is 14.2 Å². The molecule has 2 amide bonds. The van der Waals surface area contributed by atoms with Crippen molar-refractivity contribution in [2.45, 2.75) is 52.0 Å². The highest BCUT2D eigenvalue weighted by Crippen LogP contribution is 2.03. The first kappa shape index (κ1) is 17.1. The Bertz CT molecular complexity index is 461. The zero-order valence-corrected chi connectivity index (χ0v) is 12.8. The Morgan fingerprint density at radius 3 is 2.62 bits per heavy atom. The molecular formula is C16H26N3O2+. The van der Waals surface area contributed by atoms with Gasteiger partial charge in [0, 0.05) is 12.6 Å². The van der Waals surface area contributed by atoms with E-state index in [1.165, 1.54) is 25.7 Å². The van der Waals surface area contributed by atoms with Crippen molar-refractivity contribution in [1.29, 1.82) is 0 Å². The molecule has 0 fully saturated rings. The minimum Gasteiger partial charge on any atom is -0.365 e. The second-order valence-corrected chi connectivity index (χ2v) is 5.25. The minimum absolute atomic E-state index is 0.0461. The zero-order chi connectivity index (χ0) is 15.5. The Kier molecular flexibility index (Phi) is 8.09. The number of nitrogens with zero attached hydrogens (tertiary/aromatic N) is 1. The fraction of sp³-hybridized carbons (Fsp3) is 0.562. The molecule has 0 saturated carbocycles. The smallest absolute Gasteiger partial charge is 0.285 e. The van der Waals surface area contributed by atoms with Crippen molar-refractivity contribution in [1.82, 2.24) is 5.32 Å². The van der Waals surface area contributed by atoms with Crippen LogP contribution in [0.25, 0.3) is 0 Å². The summed E-state index contributed by atoms with van der Waals surface area (Å²) in [6.07, 6.45) is 10.6. The van der Waals surface area contributed by atoms with Gasteiger partial charge in [0.15, 0.2) is 12.4 Å². The lowest BCUT2D eigenvalue weighted by atomic mass is 10.1. The molecular weight excluding hydrogens is 266 g/mol. The molecule has 5 nitrogen and oxygen atoms in total. The maximum absolute atomic E-state index is 11.8. The number of hydrogen-bond donors (Lipinski definition) is 2. The van der Waals surface area contributed by atoms with Crippen molar-refractivity contribution in [3.8, 4) is 0 Å². The van der Waals surface area contributed by atoms with E-state index < -0.39 is 5.91 Å². The molecule has 1 aromatic rings. The quantitative estimate of drug-likeness (QED) is 0.507. The Morgan fingerprint density at radius 2 is 1.90 bits per heavy atom. The number of nitrogens with two attached hydrogens (primary N) is 1. The second kappa shape index (κ2) is 9.91. The van der Waals surface area contributed by atoms with Crippen molar-refractivity contribution in [2.75, 3.05) is 6.54 Å². The van der Waals surface area contributed by atoms with Crippen LogP contribution in [0.2, 0.25) is 0 Å². The fourth-order valence-electron chi connectivity index (χ4n) is 2.12. The fourth-order valence-corrected chi connectivity index (χ4v) is 2.12. The highest BCUT2D eigenvalue weighted by molar-refractivity contribution is 5.92. The van der Waals surface area contributed by atoms with Gasteiger partial charge in [-0.1, -0.05) is 39.0 Å². The van der Waals surface area contributed by atoms with E-state index in [4.69, 9.17) is 5.73 Å². The third-order valence-electron chi connectivity index (χ3n) is 3.32. The van der Waals surface area contributed by atoms with Crippen LogP contribution in [-0.2, 0) is 11.3 Å². The van der Waals surface area contributed by atoms with Crippen LogP contribution in [0.4, 0.5) is 0 Å². The lowest BCUT2D eigenvalue weighted by molar-refractivity contribution is -0.684. The van der Waals surface area contributed by atoms with Gasteiger partial charge in [0.1, 0.15) is 5.56 Å². The van der Waals surface area contributed by atoms with Crippen LogP contribution in [0.5, 0.6) is 0 Å². The number of aromatic nitrogens is 1. The van der Waals surface area contributed by atoms with E-state index >= 15 is 0 Å². The molecule has 0 spiro atoms. The third-order valence-corrected chi connectivity index (χ3v) is 3.32. The first-order valence-corrected chi connectivity index (χ1v) is 7.69. The normalized spacial score (nSPS) is 10.3. The van der Waals surface area contributed by atoms with Crippen molar-refractivity contribution in [3.63, 3.8) is 0 Å². The minimum atomic E-state index is -0.489. The van der Waals surface area contributed by atoms with Gasteiger partial charge in [-0.05, 0) is 12.5 Å². The van der Waals surface area contributed by atoms with Crippen LogP contribution in [0.1, 0.15) is 55.8 Å². The maximum Gasteiger partial charge on any atom is 0.285 e. The van der Waals surface area contributed by atoms with E-state index in [1.807, 2.05) is 0 Å². The molecule has 0 atom stereocenters. The molecule has 21 heavy (non-hydrogen) atoms. The van der Waals surface area contributed by atoms with Crippen LogP contribution >= 0.6 is 0 Å². The lowest BCUT2D eigenvalue weighted by Gasteiger charge is -2.03. The Morgan fingerprint density at radius 1 is 1.19 bits per heavy atom. The largest absolute Gasteiger partial charge is 0.365 e. The number of carbonyl (C=O) groups excluding carboxylic acids is 2. The van der Waals surface area contributed by atoms with E-state index in [0.29, 0.717) is 12.1 Å². The standard InChI is InChI=1S/C16H25N3O2/c1-2-3-4-5-6-7-10-18-15(20)13-19-11-8-9-14(12-19)16(17)21/h8-9,11-12H,2-7,10,13H2,1H3,(H2-,17,18,20,21)/p+1. The predicted octanol–water partition coefficient (Wildman–Crippen LogP) is 1.55. The summed E-state index contributed by atoms with van der Waals surface area (Å²) in [4.78, 5) is 22.8. The predicted molar refractivity (Wildman–Crippen MR) is 81.5 cm³/mol. The molecule has 1 aromatic heterocycles. The molecule has 0 radical (unpaired) electrons. The average molecular weight is 292 g/mol. The van der Waals surface area contributed by atoms with E-state index in [-0.39, 0.29) is 12.5 Å². The van der Waals surface area contributed by atoms with E-state index in [1.54, 1.807) is 29.1 Å². The second-order valence-electron chi connectivity index (χ2n) is 5.25. The van der Waals surface area contributed by atoms with Gasteiger partial charge in [-0.25, -0.2) is 0 Å². The molecule has 0 aliphatic heterocycles. The summed E-state index contributed by atoms with van der Waals surface area (Å²) in [5.41, 5.74) is 5.61. The number of primary amides is 1. The summed E-state index contributed by atoms with van der Waals surface area (Å²) in [7, 11) is 0. The number of pyridine rings is 1. The van der Waals surface area contributed by atoms with E-state index in [2.05, 4.69) is 12.2 Å². The van der Waals surface area contributed by atoms with Gasteiger partial charge in [-0.2, -0.15) is 4.57 Å². The van der Waals surface area contributed by atoms with E-state index in [9.17, 15) is 9.59 Å². The van der Waals surface area contributed by atoms with Gasteiger partial charge < -0.3 is 11.1 Å². The van der Waals surface area contributed by atoms with Gasteiger partial charge in [0.05, 0.1) is 0 Å². The molecule has 0 aliphatic carbocycles. The van der Waals surface area contributed by atoms with Crippen LogP contribution in [0.15, 0.2) is 24.5 Å². The molecule has 0 saturated heterocycles. The Balaban J connectivity index is 2.21. The summed E-state index contributed by atoms with van der Waals surface area (Å²) in [6, 6.07) is 3.34. The van der Waals surface area contributed by atoms with E-state index in [0.717, 1.165) is 12.8 Å². The first-order valence-electron chi connectivity index (χ1n) is 7.69. The van der Waals surface area contributed by atoms with Crippen molar-refractivity contribution in [2.24, 2.45) is 5.73 Å². The number of amides is 2. The topological polar surface area (TPSA) is 76.1 Å². The molecule has 3 N–H and O–H groups in total. The molecule has 1 rings (SSSR count). The SMILES string of the molecule is CCCCCCCCNC(=O)C[n+]1cccc(C(N)=O)c1. The first-order chi connectivity index (χ1) is 10.1. The highest BCUT2D eigenvalue weighted by atomic mass is 16.2. The monoisotopic (exact) mass is 292 g/mol. The lowest BCUT2D eigenvalue weighted by Crippen LogP contribution is -2.43. The van der Waals surface area contributed by atoms with Crippen LogP contribution in [-0.4, -0.2) is 18.4 Å². The average Bonchev–Trinajstić information content (AvgIpc) is 2.46. The van der Waals surface area contributed by atoms with Crippen molar-refractivity contribution in [3.05, 3.63) is 30.1 Å². The molecule has 0 unspecified atom stereocenters. The summed E-state index contributed by atoms with van der Waals surface area (Å²) in [6.45, 7) is 3.11. The van der Waals surface area contributed by atoms with Gasteiger partial charge in [0.2, 0.25) is 6.54 Å².